The third kappa shape index (κ3) is 4.28. The van der Waals surface area contributed by atoms with Crippen LogP contribution < -0.4 is 9.47 Å². The molecule has 1 aliphatic rings. The highest BCUT2D eigenvalue weighted by Crippen LogP contribution is 2.44. The van der Waals surface area contributed by atoms with Crippen molar-refractivity contribution in [3.8, 4) is 11.5 Å². The van der Waals surface area contributed by atoms with Crippen molar-refractivity contribution in [1.29, 1.82) is 0 Å². The summed E-state index contributed by atoms with van der Waals surface area (Å²) in [6, 6.07) is 1.66. The second kappa shape index (κ2) is 7.96. The minimum absolute atomic E-state index is 0.260. The molecule has 1 N–H and O–H groups in total. The van der Waals surface area contributed by atoms with Crippen molar-refractivity contribution in [2.75, 3.05) is 13.7 Å². The number of esters is 1. The molecule has 142 valence electrons. The van der Waals surface area contributed by atoms with E-state index in [1.54, 1.807) is 6.07 Å². The van der Waals surface area contributed by atoms with Gasteiger partial charge in [-0.15, -0.1) is 0 Å². The largest absolute Gasteiger partial charge is 0.495 e. The van der Waals surface area contributed by atoms with E-state index in [1.807, 2.05) is 13.0 Å². The number of hydrogen-bond donors (Lipinski definition) is 1. The summed E-state index contributed by atoms with van der Waals surface area (Å²) in [6.07, 6.45) is 6.25. The van der Waals surface area contributed by atoms with Crippen LogP contribution in [0.4, 0.5) is 0 Å². The molecule has 1 aromatic rings. The zero-order valence-corrected chi connectivity index (χ0v) is 16.4. The molecule has 0 amide bonds. The van der Waals surface area contributed by atoms with E-state index < -0.39 is 11.8 Å². The highest BCUT2D eigenvalue weighted by molar-refractivity contribution is 5.98. The molecule has 5 heteroatoms. The summed E-state index contributed by atoms with van der Waals surface area (Å²) >= 11 is 0. The SMILES string of the molecule is COc1c(C)c(OC/C=C(\C)CCC=C(C)C)cc2c1C(=O)OC2(C)O. The van der Waals surface area contributed by atoms with E-state index in [-0.39, 0.29) is 5.56 Å². The monoisotopic (exact) mass is 360 g/mol. The first kappa shape index (κ1) is 20.0. The molecule has 1 unspecified atom stereocenters. The van der Waals surface area contributed by atoms with E-state index in [0.717, 1.165) is 12.8 Å². The Balaban J connectivity index is 2.18. The topological polar surface area (TPSA) is 65.0 Å². The molecule has 0 saturated carbocycles. The van der Waals surface area contributed by atoms with Crippen LogP contribution in [0.1, 0.15) is 62.0 Å². The second-order valence-corrected chi connectivity index (χ2v) is 7.01. The van der Waals surface area contributed by atoms with Crippen molar-refractivity contribution in [2.24, 2.45) is 0 Å². The maximum atomic E-state index is 12.1. The number of cyclic esters (lactones) is 1. The average molecular weight is 360 g/mol. The van der Waals surface area contributed by atoms with E-state index in [4.69, 9.17) is 14.2 Å². The van der Waals surface area contributed by atoms with Gasteiger partial charge in [-0.2, -0.15) is 0 Å². The van der Waals surface area contributed by atoms with Gasteiger partial charge in [0.05, 0.1) is 7.11 Å². The van der Waals surface area contributed by atoms with Crippen LogP contribution in [0.15, 0.2) is 29.4 Å². The Morgan fingerprint density at radius 3 is 2.62 bits per heavy atom. The van der Waals surface area contributed by atoms with Crippen molar-refractivity contribution < 1.29 is 24.1 Å². The number of hydrogen-bond acceptors (Lipinski definition) is 5. The van der Waals surface area contributed by atoms with Crippen LogP contribution in [0.2, 0.25) is 0 Å². The summed E-state index contributed by atoms with van der Waals surface area (Å²) in [6.45, 7) is 9.92. The molecular formula is C21H28O5. The highest BCUT2D eigenvalue weighted by Gasteiger charge is 2.43. The van der Waals surface area contributed by atoms with E-state index in [1.165, 1.54) is 25.2 Å². The fourth-order valence-electron chi connectivity index (χ4n) is 2.96. The van der Waals surface area contributed by atoms with Crippen molar-refractivity contribution in [2.45, 2.75) is 53.2 Å². The number of carbonyl (C=O) groups is 1. The maximum absolute atomic E-state index is 12.1. The van der Waals surface area contributed by atoms with Gasteiger partial charge in [0.1, 0.15) is 23.7 Å². The molecule has 1 heterocycles. The summed E-state index contributed by atoms with van der Waals surface area (Å²) in [5.74, 6) is -1.33. The van der Waals surface area contributed by atoms with E-state index in [0.29, 0.717) is 29.2 Å². The number of fused-ring (bicyclic) bond motifs is 1. The van der Waals surface area contributed by atoms with Gasteiger partial charge in [0.2, 0.25) is 5.79 Å². The average Bonchev–Trinajstić information content (AvgIpc) is 2.76. The molecule has 1 atom stereocenters. The van der Waals surface area contributed by atoms with Crippen molar-refractivity contribution >= 4 is 5.97 Å². The third-order valence-electron chi connectivity index (χ3n) is 4.44. The normalized spacial score (nSPS) is 19.0. The number of rotatable bonds is 7. The van der Waals surface area contributed by atoms with Crippen LogP contribution in [0.3, 0.4) is 0 Å². The second-order valence-electron chi connectivity index (χ2n) is 7.01. The Bertz CT molecular complexity index is 752. The summed E-state index contributed by atoms with van der Waals surface area (Å²) in [5.41, 5.74) is 3.90. The molecule has 0 aliphatic carbocycles. The van der Waals surface area contributed by atoms with Crippen molar-refractivity contribution in [1.82, 2.24) is 0 Å². The lowest BCUT2D eigenvalue weighted by molar-refractivity contribution is -0.147. The first-order chi connectivity index (χ1) is 12.2. The zero-order chi connectivity index (χ0) is 19.5. The Kier molecular flexibility index (Phi) is 6.13. The van der Waals surface area contributed by atoms with E-state index in [9.17, 15) is 9.90 Å². The summed E-state index contributed by atoms with van der Waals surface area (Å²) in [4.78, 5) is 12.1. The van der Waals surface area contributed by atoms with Crippen molar-refractivity contribution in [3.05, 3.63) is 46.1 Å². The van der Waals surface area contributed by atoms with Gasteiger partial charge in [0.15, 0.2) is 0 Å². The molecule has 26 heavy (non-hydrogen) atoms. The van der Waals surface area contributed by atoms with Gasteiger partial charge in [-0.05, 0) is 52.7 Å². The summed E-state index contributed by atoms with van der Waals surface area (Å²) in [5, 5.41) is 10.3. The van der Waals surface area contributed by atoms with Crippen LogP contribution >= 0.6 is 0 Å². The molecule has 5 nitrogen and oxygen atoms in total. The fourth-order valence-corrected chi connectivity index (χ4v) is 2.96. The quantitative estimate of drug-likeness (QED) is 0.576. The van der Waals surface area contributed by atoms with Gasteiger partial charge in [-0.25, -0.2) is 4.79 Å². The molecule has 0 spiro atoms. The van der Waals surface area contributed by atoms with Gasteiger partial charge in [-0.3, -0.25) is 0 Å². The minimum atomic E-state index is -1.68. The molecule has 0 bridgehead atoms. The number of methoxy groups -OCH3 is 1. The van der Waals surface area contributed by atoms with E-state index >= 15 is 0 Å². The van der Waals surface area contributed by atoms with Crippen LogP contribution in [0.5, 0.6) is 11.5 Å². The third-order valence-corrected chi connectivity index (χ3v) is 4.44. The van der Waals surface area contributed by atoms with Gasteiger partial charge in [-0.1, -0.05) is 17.2 Å². The number of carbonyl (C=O) groups excluding carboxylic acids is 1. The first-order valence-electron chi connectivity index (χ1n) is 8.77. The Morgan fingerprint density at radius 2 is 2.00 bits per heavy atom. The summed E-state index contributed by atoms with van der Waals surface area (Å²) < 4.78 is 16.3. The van der Waals surface area contributed by atoms with E-state index in [2.05, 4.69) is 26.8 Å². The lowest BCUT2D eigenvalue weighted by Gasteiger charge is -2.18. The number of allylic oxidation sites excluding steroid dienone is 3. The van der Waals surface area contributed by atoms with Gasteiger partial charge in [0.25, 0.3) is 0 Å². The number of aliphatic hydroxyl groups is 1. The lowest BCUT2D eigenvalue weighted by atomic mass is 9.98. The number of ether oxygens (including phenoxy) is 3. The number of benzene rings is 1. The molecule has 1 aliphatic heterocycles. The van der Waals surface area contributed by atoms with Gasteiger partial charge in [0, 0.05) is 18.1 Å². The molecule has 0 fully saturated rings. The Labute approximate surface area is 155 Å². The maximum Gasteiger partial charge on any atom is 0.345 e. The minimum Gasteiger partial charge on any atom is -0.495 e. The zero-order valence-electron chi connectivity index (χ0n) is 16.4. The van der Waals surface area contributed by atoms with Gasteiger partial charge < -0.3 is 19.3 Å². The molecule has 0 aromatic heterocycles. The Hall–Kier alpha value is -2.27. The first-order valence-corrected chi connectivity index (χ1v) is 8.77. The summed E-state index contributed by atoms with van der Waals surface area (Å²) in [7, 11) is 1.49. The molecule has 0 saturated heterocycles. The highest BCUT2D eigenvalue weighted by atomic mass is 16.7. The van der Waals surface area contributed by atoms with Crippen LogP contribution in [0, 0.1) is 6.92 Å². The molecular weight excluding hydrogens is 332 g/mol. The van der Waals surface area contributed by atoms with Crippen LogP contribution in [-0.4, -0.2) is 24.8 Å². The molecule has 1 aromatic carbocycles. The Morgan fingerprint density at radius 1 is 1.31 bits per heavy atom. The predicted molar refractivity (Wildman–Crippen MR) is 101 cm³/mol. The molecule has 0 radical (unpaired) electrons. The van der Waals surface area contributed by atoms with Crippen molar-refractivity contribution in [3.63, 3.8) is 0 Å². The fraction of sp³-hybridized carbons (Fsp3) is 0.476. The smallest absolute Gasteiger partial charge is 0.345 e. The predicted octanol–water partition coefficient (Wildman–Crippen LogP) is 4.41. The molecule has 2 rings (SSSR count). The van der Waals surface area contributed by atoms with Crippen LogP contribution in [-0.2, 0) is 10.5 Å². The standard InChI is InChI=1S/C21H28O5/c1-13(2)8-7-9-14(3)10-11-25-17-12-16-18(19(24-6)15(17)4)20(22)26-21(16,5)23/h8,10,12,23H,7,9,11H2,1-6H3/b14-10+. The lowest BCUT2D eigenvalue weighted by Crippen LogP contribution is -2.20. The van der Waals surface area contributed by atoms with Gasteiger partial charge >= 0.3 is 5.97 Å². The van der Waals surface area contributed by atoms with Crippen LogP contribution in [0.25, 0.3) is 0 Å².